The Morgan fingerprint density at radius 2 is 2.43 bits per heavy atom. The van der Waals surface area contributed by atoms with Gasteiger partial charge in [0.2, 0.25) is 5.91 Å². The second-order valence-corrected chi connectivity index (χ2v) is 4.15. The number of nitrogens with two attached hydrogens (primary N) is 1. The average Bonchev–Trinajstić information content (AvgIpc) is 2.01. The molecule has 0 aliphatic carbocycles. The first-order valence-corrected chi connectivity index (χ1v) is 5.24. The van der Waals surface area contributed by atoms with Crippen LogP contribution in [-0.2, 0) is 9.53 Å². The molecule has 4 nitrogen and oxygen atoms in total. The van der Waals surface area contributed by atoms with E-state index in [1.165, 1.54) is 0 Å². The van der Waals surface area contributed by atoms with Gasteiger partial charge in [0.05, 0.1) is 6.10 Å². The molecule has 0 aromatic carbocycles. The molecule has 3 atom stereocenters. The van der Waals surface area contributed by atoms with Crippen LogP contribution in [0.2, 0.25) is 0 Å². The van der Waals surface area contributed by atoms with Gasteiger partial charge in [-0.1, -0.05) is 0 Å². The summed E-state index contributed by atoms with van der Waals surface area (Å²) in [7, 11) is 0. The molecule has 1 fully saturated rings. The molecule has 1 aliphatic heterocycles. The summed E-state index contributed by atoms with van der Waals surface area (Å²) in [6.45, 7) is 4.61. The number of ether oxygens (including phenoxy) is 1. The lowest BCUT2D eigenvalue weighted by Crippen LogP contribution is -2.42. The van der Waals surface area contributed by atoms with Gasteiger partial charge in [0.25, 0.3) is 0 Å². The van der Waals surface area contributed by atoms with Crippen LogP contribution < -0.4 is 11.1 Å². The van der Waals surface area contributed by atoms with E-state index in [1.54, 1.807) is 0 Å². The van der Waals surface area contributed by atoms with Crippen LogP contribution in [0, 0.1) is 0 Å². The van der Waals surface area contributed by atoms with Gasteiger partial charge >= 0.3 is 0 Å². The van der Waals surface area contributed by atoms with Gasteiger partial charge < -0.3 is 15.8 Å². The fourth-order valence-corrected chi connectivity index (χ4v) is 1.71. The van der Waals surface area contributed by atoms with Gasteiger partial charge in [-0.2, -0.15) is 0 Å². The van der Waals surface area contributed by atoms with Crippen LogP contribution in [0.1, 0.15) is 33.1 Å². The van der Waals surface area contributed by atoms with Crippen LogP contribution >= 0.6 is 0 Å². The second-order valence-electron chi connectivity index (χ2n) is 4.15. The van der Waals surface area contributed by atoms with Crippen LogP contribution in [0.25, 0.3) is 0 Å². The Morgan fingerprint density at radius 3 is 3.00 bits per heavy atom. The largest absolute Gasteiger partial charge is 0.378 e. The molecule has 1 saturated heterocycles. The highest BCUT2D eigenvalue weighted by Gasteiger charge is 2.20. The van der Waals surface area contributed by atoms with Crippen molar-refractivity contribution in [3.63, 3.8) is 0 Å². The first-order chi connectivity index (χ1) is 6.58. The number of hydrogen-bond donors (Lipinski definition) is 2. The van der Waals surface area contributed by atoms with Crippen molar-refractivity contribution >= 4 is 5.91 Å². The lowest BCUT2D eigenvalue weighted by Gasteiger charge is -2.28. The Labute approximate surface area is 85.2 Å². The van der Waals surface area contributed by atoms with Gasteiger partial charge in [-0.3, -0.25) is 4.79 Å². The first-order valence-electron chi connectivity index (χ1n) is 5.24. The summed E-state index contributed by atoms with van der Waals surface area (Å²) in [6.07, 6.45) is 2.48. The maximum Gasteiger partial charge on any atom is 0.221 e. The van der Waals surface area contributed by atoms with Gasteiger partial charge in [-0.15, -0.1) is 0 Å². The van der Waals surface area contributed by atoms with Gasteiger partial charge in [-0.05, 0) is 26.7 Å². The summed E-state index contributed by atoms with van der Waals surface area (Å²) in [4.78, 5) is 11.4. The van der Waals surface area contributed by atoms with Crippen LogP contribution in [0.5, 0.6) is 0 Å². The zero-order valence-corrected chi connectivity index (χ0v) is 8.95. The Morgan fingerprint density at radius 1 is 1.71 bits per heavy atom. The van der Waals surface area contributed by atoms with Crippen molar-refractivity contribution in [1.82, 2.24) is 5.32 Å². The lowest BCUT2D eigenvalue weighted by molar-refractivity contribution is -0.123. The van der Waals surface area contributed by atoms with Gasteiger partial charge in [-0.25, -0.2) is 0 Å². The monoisotopic (exact) mass is 200 g/mol. The molecular weight excluding hydrogens is 180 g/mol. The van der Waals surface area contributed by atoms with E-state index in [9.17, 15) is 4.79 Å². The van der Waals surface area contributed by atoms with Crippen molar-refractivity contribution in [2.45, 2.75) is 51.3 Å². The van der Waals surface area contributed by atoms with Crippen molar-refractivity contribution in [2.75, 3.05) is 6.61 Å². The Hall–Kier alpha value is -0.610. The van der Waals surface area contributed by atoms with E-state index in [2.05, 4.69) is 5.32 Å². The molecule has 0 spiro atoms. The highest BCUT2D eigenvalue weighted by atomic mass is 16.5. The quantitative estimate of drug-likeness (QED) is 0.693. The molecule has 4 heteroatoms. The Kier molecular flexibility index (Phi) is 4.35. The summed E-state index contributed by atoms with van der Waals surface area (Å²) in [6, 6.07) is 0.206. The highest BCUT2D eigenvalue weighted by Crippen LogP contribution is 2.13. The van der Waals surface area contributed by atoms with Crippen LogP contribution in [-0.4, -0.2) is 30.7 Å². The fourth-order valence-electron chi connectivity index (χ4n) is 1.71. The highest BCUT2D eigenvalue weighted by molar-refractivity contribution is 5.76. The third-order valence-electron chi connectivity index (χ3n) is 2.36. The molecule has 0 saturated carbocycles. The van der Waals surface area contributed by atoms with E-state index in [-0.39, 0.29) is 24.1 Å². The molecule has 0 bridgehead atoms. The van der Waals surface area contributed by atoms with Crippen molar-refractivity contribution < 1.29 is 9.53 Å². The second kappa shape index (κ2) is 5.32. The molecule has 1 rings (SSSR count). The molecule has 3 N–H and O–H groups in total. The summed E-state index contributed by atoms with van der Waals surface area (Å²) < 4.78 is 5.39. The molecule has 82 valence electrons. The predicted octanol–water partition coefficient (Wildman–Crippen LogP) is 0.407. The topological polar surface area (TPSA) is 64.4 Å². The zero-order valence-electron chi connectivity index (χ0n) is 8.95. The van der Waals surface area contributed by atoms with Crippen molar-refractivity contribution in [1.29, 1.82) is 0 Å². The minimum Gasteiger partial charge on any atom is -0.378 e. The predicted molar refractivity (Wildman–Crippen MR) is 54.8 cm³/mol. The number of hydrogen-bond acceptors (Lipinski definition) is 3. The number of carbonyl (C=O) groups excluding carboxylic acids is 1. The van der Waals surface area contributed by atoms with E-state index < -0.39 is 0 Å². The third-order valence-corrected chi connectivity index (χ3v) is 2.36. The molecule has 1 amide bonds. The summed E-state index contributed by atoms with van der Waals surface area (Å²) in [5.74, 6) is 0.0547. The molecular formula is C10H20N2O2. The minimum atomic E-state index is -0.0627. The number of rotatable bonds is 3. The zero-order chi connectivity index (χ0) is 10.6. The molecule has 1 aliphatic rings. The molecule has 0 aromatic rings. The lowest BCUT2D eigenvalue weighted by atomic mass is 10.0. The van der Waals surface area contributed by atoms with Crippen molar-refractivity contribution in [2.24, 2.45) is 5.73 Å². The Bertz CT molecular complexity index is 195. The number of nitrogens with one attached hydrogen (secondary N) is 1. The van der Waals surface area contributed by atoms with Crippen LogP contribution in [0.15, 0.2) is 0 Å². The summed E-state index contributed by atoms with van der Waals surface area (Å²) >= 11 is 0. The van der Waals surface area contributed by atoms with E-state index in [0.717, 1.165) is 19.4 Å². The van der Waals surface area contributed by atoms with Gasteiger partial charge in [0.1, 0.15) is 0 Å². The first kappa shape index (κ1) is 11.5. The standard InChI is InChI=1S/C10H20N2O2/c1-7(11)5-10(13)12-9-3-4-14-8(2)6-9/h7-9H,3-6,11H2,1-2H3,(H,12,13). The minimum absolute atomic E-state index is 0.0547. The van der Waals surface area contributed by atoms with Crippen molar-refractivity contribution in [3.05, 3.63) is 0 Å². The molecule has 0 aromatic heterocycles. The van der Waals surface area contributed by atoms with E-state index in [0.29, 0.717) is 6.42 Å². The third kappa shape index (κ3) is 4.07. The van der Waals surface area contributed by atoms with E-state index >= 15 is 0 Å². The fraction of sp³-hybridized carbons (Fsp3) is 0.900. The van der Waals surface area contributed by atoms with Crippen LogP contribution in [0.4, 0.5) is 0 Å². The molecule has 3 unspecified atom stereocenters. The van der Waals surface area contributed by atoms with E-state index in [4.69, 9.17) is 10.5 Å². The molecule has 14 heavy (non-hydrogen) atoms. The maximum absolute atomic E-state index is 11.4. The normalized spacial score (nSPS) is 29.6. The molecule has 1 heterocycles. The smallest absolute Gasteiger partial charge is 0.221 e. The number of carbonyl (C=O) groups is 1. The summed E-state index contributed by atoms with van der Waals surface area (Å²) in [5, 5.41) is 2.98. The Balaban J connectivity index is 2.25. The van der Waals surface area contributed by atoms with Crippen LogP contribution in [0.3, 0.4) is 0 Å². The van der Waals surface area contributed by atoms with Gasteiger partial charge in [0, 0.05) is 25.1 Å². The molecule has 0 radical (unpaired) electrons. The van der Waals surface area contributed by atoms with Crippen molar-refractivity contribution in [3.8, 4) is 0 Å². The van der Waals surface area contributed by atoms with Gasteiger partial charge in [0.15, 0.2) is 0 Å². The average molecular weight is 200 g/mol. The maximum atomic E-state index is 11.4. The SMILES string of the molecule is CC(N)CC(=O)NC1CCOC(C)C1. The van der Waals surface area contributed by atoms with E-state index in [1.807, 2.05) is 13.8 Å². The summed E-state index contributed by atoms with van der Waals surface area (Å²) in [5.41, 5.74) is 5.54. The number of amides is 1.